The van der Waals surface area contributed by atoms with Gasteiger partial charge < -0.3 is 9.53 Å². The summed E-state index contributed by atoms with van der Waals surface area (Å²) in [6.45, 7) is 5.96. The first-order valence-electron chi connectivity index (χ1n) is 7.93. The maximum absolute atomic E-state index is 11.2. The number of ether oxygens (including phenoxy) is 1. The minimum atomic E-state index is 0.264. The normalized spacial score (nSPS) is 12.0. The maximum atomic E-state index is 11.2. The van der Waals surface area contributed by atoms with Gasteiger partial charge in [-0.3, -0.25) is 0 Å². The van der Waals surface area contributed by atoms with Gasteiger partial charge in [-0.15, -0.1) is 0 Å². The Morgan fingerprint density at radius 3 is 2.41 bits per heavy atom. The van der Waals surface area contributed by atoms with Crippen LogP contribution in [-0.2, 0) is 4.79 Å². The van der Waals surface area contributed by atoms with Crippen molar-refractivity contribution in [3.8, 4) is 11.5 Å². The molecule has 0 aliphatic rings. The molecule has 0 N–H and O–H groups in total. The van der Waals surface area contributed by atoms with Crippen molar-refractivity contribution in [1.29, 1.82) is 0 Å². The van der Waals surface area contributed by atoms with Crippen molar-refractivity contribution < 1.29 is 9.53 Å². The fourth-order valence-corrected chi connectivity index (χ4v) is 2.75. The number of para-hydroxylation sites is 1. The van der Waals surface area contributed by atoms with Crippen LogP contribution in [0.4, 0.5) is 0 Å². The predicted molar refractivity (Wildman–Crippen MR) is 90.6 cm³/mol. The molecule has 0 radical (unpaired) electrons. The second-order valence-electron chi connectivity index (χ2n) is 5.78. The van der Waals surface area contributed by atoms with Gasteiger partial charge in [0.05, 0.1) is 0 Å². The number of benzene rings is 2. The molecule has 0 aliphatic carbocycles. The molecule has 0 bridgehead atoms. The van der Waals surface area contributed by atoms with E-state index >= 15 is 0 Å². The lowest BCUT2D eigenvalue weighted by molar-refractivity contribution is -0.117. The maximum Gasteiger partial charge on any atom is 0.129 e. The van der Waals surface area contributed by atoms with Crippen LogP contribution >= 0.6 is 0 Å². The number of Topliss-reactive ketones (excluding diaryl/α,β-unsaturated/α-hetero) is 1. The molecule has 2 nitrogen and oxygen atoms in total. The number of rotatable bonds is 7. The Hall–Kier alpha value is -2.09. The zero-order chi connectivity index (χ0) is 15.9. The average Bonchev–Trinajstić information content (AvgIpc) is 2.50. The molecule has 1 unspecified atom stereocenters. The Morgan fingerprint density at radius 2 is 1.82 bits per heavy atom. The number of aryl methyl sites for hydroxylation is 1. The molecule has 2 aromatic rings. The van der Waals surface area contributed by atoms with Gasteiger partial charge in [0.15, 0.2) is 0 Å². The van der Waals surface area contributed by atoms with E-state index in [4.69, 9.17) is 4.74 Å². The summed E-state index contributed by atoms with van der Waals surface area (Å²) in [5, 5.41) is 0. The number of carbonyl (C=O) groups is 1. The molecule has 2 heteroatoms. The molecular formula is C20H24O2. The van der Waals surface area contributed by atoms with E-state index < -0.39 is 0 Å². The number of ketones is 1. The molecule has 2 aromatic carbocycles. The van der Waals surface area contributed by atoms with Gasteiger partial charge in [-0.25, -0.2) is 0 Å². The fourth-order valence-electron chi connectivity index (χ4n) is 2.75. The van der Waals surface area contributed by atoms with Gasteiger partial charge in [-0.2, -0.15) is 0 Å². The van der Waals surface area contributed by atoms with Crippen molar-refractivity contribution in [2.45, 2.75) is 46.0 Å². The predicted octanol–water partition coefficient (Wildman–Crippen LogP) is 5.65. The molecular weight excluding hydrogens is 272 g/mol. The summed E-state index contributed by atoms with van der Waals surface area (Å²) in [5.74, 6) is 2.40. The van der Waals surface area contributed by atoms with Gasteiger partial charge in [-0.05, 0) is 68.0 Å². The summed E-state index contributed by atoms with van der Waals surface area (Å²) < 4.78 is 5.87. The molecule has 0 heterocycles. The lowest BCUT2D eigenvalue weighted by Gasteiger charge is -2.18. The Bertz CT molecular complexity index is 617. The van der Waals surface area contributed by atoms with Crippen molar-refractivity contribution in [3.63, 3.8) is 0 Å². The van der Waals surface area contributed by atoms with Crippen molar-refractivity contribution in [3.05, 3.63) is 59.7 Å². The molecule has 0 saturated heterocycles. The van der Waals surface area contributed by atoms with Gasteiger partial charge in [0.1, 0.15) is 17.3 Å². The lowest BCUT2D eigenvalue weighted by Crippen LogP contribution is -2.03. The van der Waals surface area contributed by atoms with E-state index in [2.05, 4.69) is 26.0 Å². The Morgan fingerprint density at radius 1 is 1.09 bits per heavy atom. The van der Waals surface area contributed by atoms with Crippen LogP contribution in [0.1, 0.15) is 50.2 Å². The summed E-state index contributed by atoms with van der Waals surface area (Å²) in [6, 6.07) is 16.0. The third kappa shape index (κ3) is 4.45. The molecule has 1 atom stereocenters. The fraction of sp³-hybridized carbons (Fsp3) is 0.350. The summed E-state index contributed by atoms with van der Waals surface area (Å²) in [5.41, 5.74) is 2.55. The van der Waals surface area contributed by atoms with E-state index in [0.717, 1.165) is 24.3 Å². The van der Waals surface area contributed by atoms with Gasteiger partial charge in [-0.1, -0.05) is 31.2 Å². The quantitative estimate of drug-likeness (QED) is 0.660. The van der Waals surface area contributed by atoms with E-state index in [1.807, 2.05) is 36.4 Å². The molecule has 0 aliphatic heterocycles. The highest BCUT2D eigenvalue weighted by atomic mass is 16.5. The molecule has 0 amide bonds. The van der Waals surface area contributed by atoms with Crippen LogP contribution in [-0.4, -0.2) is 5.78 Å². The highest BCUT2D eigenvalue weighted by molar-refractivity contribution is 5.75. The Labute approximate surface area is 133 Å². The number of hydrogen-bond acceptors (Lipinski definition) is 2. The lowest BCUT2D eigenvalue weighted by atomic mass is 9.88. The van der Waals surface area contributed by atoms with Crippen LogP contribution in [0.2, 0.25) is 0 Å². The van der Waals surface area contributed by atoms with E-state index in [1.54, 1.807) is 6.92 Å². The smallest absolute Gasteiger partial charge is 0.129 e. The van der Waals surface area contributed by atoms with Gasteiger partial charge in [0.25, 0.3) is 0 Å². The first kappa shape index (κ1) is 16.3. The summed E-state index contributed by atoms with van der Waals surface area (Å²) >= 11 is 0. The monoisotopic (exact) mass is 296 g/mol. The molecule has 0 fully saturated rings. The topological polar surface area (TPSA) is 26.3 Å². The minimum absolute atomic E-state index is 0.264. The molecule has 2 rings (SSSR count). The van der Waals surface area contributed by atoms with Crippen molar-refractivity contribution >= 4 is 5.78 Å². The second-order valence-corrected chi connectivity index (χ2v) is 5.78. The first-order chi connectivity index (χ1) is 10.6. The molecule has 0 saturated carbocycles. The molecule has 116 valence electrons. The molecule has 0 aromatic heterocycles. The van der Waals surface area contributed by atoms with Gasteiger partial charge in [0, 0.05) is 6.42 Å². The van der Waals surface area contributed by atoms with Crippen LogP contribution in [0, 0.1) is 6.92 Å². The summed E-state index contributed by atoms with van der Waals surface area (Å²) in [7, 11) is 0. The van der Waals surface area contributed by atoms with E-state index in [9.17, 15) is 4.79 Å². The van der Waals surface area contributed by atoms with Gasteiger partial charge in [0.2, 0.25) is 0 Å². The Balaban J connectivity index is 2.12. The van der Waals surface area contributed by atoms with Crippen LogP contribution in [0.15, 0.2) is 48.5 Å². The third-order valence-electron chi connectivity index (χ3n) is 4.00. The van der Waals surface area contributed by atoms with Crippen LogP contribution in [0.5, 0.6) is 11.5 Å². The van der Waals surface area contributed by atoms with Crippen molar-refractivity contribution in [2.24, 2.45) is 0 Å². The molecule has 0 spiro atoms. The SMILES string of the molecule is CCC(CCC(C)=O)c1ccc(Oc2ccccc2)cc1C. The van der Waals surface area contributed by atoms with E-state index in [1.165, 1.54) is 11.1 Å². The third-order valence-corrected chi connectivity index (χ3v) is 4.00. The number of hydrogen-bond donors (Lipinski definition) is 0. The Kier molecular flexibility index (Phi) is 5.76. The largest absolute Gasteiger partial charge is 0.457 e. The average molecular weight is 296 g/mol. The van der Waals surface area contributed by atoms with Crippen LogP contribution in [0.3, 0.4) is 0 Å². The van der Waals surface area contributed by atoms with Gasteiger partial charge >= 0.3 is 0 Å². The second kappa shape index (κ2) is 7.79. The summed E-state index contributed by atoms with van der Waals surface area (Å²) in [6.07, 6.45) is 2.62. The van der Waals surface area contributed by atoms with E-state index in [0.29, 0.717) is 12.3 Å². The summed E-state index contributed by atoms with van der Waals surface area (Å²) in [4.78, 5) is 11.2. The molecule has 22 heavy (non-hydrogen) atoms. The van der Waals surface area contributed by atoms with E-state index in [-0.39, 0.29) is 5.78 Å². The zero-order valence-corrected chi connectivity index (χ0v) is 13.6. The highest BCUT2D eigenvalue weighted by Gasteiger charge is 2.13. The van der Waals surface area contributed by atoms with Crippen molar-refractivity contribution in [1.82, 2.24) is 0 Å². The number of carbonyl (C=O) groups excluding carboxylic acids is 1. The van der Waals surface area contributed by atoms with Crippen LogP contribution < -0.4 is 4.74 Å². The first-order valence-corrected chi connectivity index (χ1v) is 7.93. The highest BCUT2D eigenvalue weighted by Crippen LogP contribution is 2.31. The zero-order valence-electron chi connectivity index (χ0n) is 13.6. The van der Waals surface area contributed by atoms with Crippen molar-refractivity contribution in [2.75, 3.05) is 0 Å². The van der Waals surface area contributed by atoms with Crippen LogP contribution in [0.25, 0.3) is 0 Å². The minimum Gasteiger partial charge on any atom is -0.457 e. The standard InChI is InChI=1S/C20H24O2/c1-4-17(11-10-16(3)21)20-13-12-19(14-15(20)2)22-18-8-6-5-7-9-18/h5-9,12-14,17H,4,10-11H2,1-3H3.